The van der Waals surface area contributed by atoms with Crippen LogP contribution in [0, 0.1) is 0 Å². The first-order chi connectivity index (χ1) is 27.2. The number of hydrogen-bond acceptors (Lipinski definition) is 4. The largest absolute Gasteiger partial charge is 0.449 e. The van der Waals surface area contributed by atoms with Crippen molar-refractivity contribution >= 4 is 38.4 Å². The summed E-state index contributed by atoms with van der Waals surface area (Å²) < 4.78 is 15.1. The summed E-state index contributed by atoms with van der Waals surface area (Å²) in [6, 6.07) is 55.1. The number of aliphatic imine (C=N–C) groups is 1. The predicted molar refractivity (Wildman–Crippen MR) is 223 cm³/mol. The summed E-state index contributed by atoms with van der Waals surface area (Å²) in [6.45, 7) is 0. The van der Waals surface area contributed by atoms with E-state index >= 15 is 0 Å². The van der Waals surface area contributed by atoms with Gasteiger partial charge in [-0.2, -0.15) is 0 Å². The number of fused-ring (bicyclic) bond motifs is 7. The lowest BCUT2D eigenvalue weighted by Gasteiger charge is -2.25. The second-order valence-electron chi connectivity index (χ2n) is 14.3. The number of para-hydroxylation sites is 2. The Morgan fingerprint density at radius 3 is 2.07 bits per heavy atom. The SMILES string of the molecule is C1=CC(c2ccc(-n3c4cc5c(cc4c4ccc6ccccc6c43)Oc3ccccc3O5)cc2)CC=C1C1=CC(c2ccccc2)N=C(c2ccccc2)N1. The summed E-state index contributed by atoms with van der Waals surface area (Å²) in [4.78, 5) is 5.11. The zero-order valence-corrected chi connectivity index (χ0v) is 29.9. The third kappa shape index (κ3) is 5.43. The number of ether oxygens (including phenoxy) is 2. The number of hydrogen-bond donors (Lipinski definition) is 1. The predicted octanol–water partition coefficient (Wildman–Crippen LogP) is 12.5. The molecule has 0 saturated carbocycles. The Bertz CT molecular complexity index is 2920. The lowest BCUT2D eigenvalue weighted by atomic mass is 9.88. The first-order valence-corrected chi connectivity index (χ1v) is 18.8. The molecule has 2 atom stereocenters. The maximum Gasteiger partial charge on any atom is 0.172 e. The van der Waals surface area contributed by atoms with Crippen molar-refractivity contribution in [2.45, 2.75) is 18.4 Å². The topological polar surface area (TPSA) is 47.8 Å². The van der Waals surface area contributed by atoms with Gasteiger partial charge in [-0.25, -0.2) is 0 Å². The Labute approximate surface area is 318 Å². The van der Waals surface area contributed by atoms with E-state index in [1.54, 1.807) is 0 Å². The van der Waals surface area contributed by atoms with Crippen LogP contribution in [0.3, 0.4) is 0 Å². The summed E-state index contributed by atoms with van der Waals surface area (Å²) >= 11 is 0. The van der Waals surface area contributed by atoms with Crippen molar-refractivity contribution < 1.29 is 9.47 Å². The highest BCUT2D eigenvalue weighted by Crippen LogP contribution is 2.49. The van der Waals surface area contributed by atoms with Crippen LogP contribution in [0.15, 0.2) is 198 Å². The van der Waals surface area contributed by atoms with E-state index < -0.39 is 0 Å². The molecule has 1 aromatic heterocycles. The van der Waals surface area contributed by atoms with Gasteiger partial charge in [0.25, 0.3) is 0 Å². The third-order valence-corrected chi connectivity index (χ3v) is 11.0. The molecule has 0 bridgehead atoms. The van der Waals surface area contributed by atoms with Crippen LogP contribution in [-0.2, 0) is 0 Å². The lowest BCUT2D eigenvalue weighted by Crippen LogP contribution is -2.29. The summed E-state index contributed by atoms with van der Waals surface area (Å²) in [6.07, 6.45) is 10.1. The van der Waals surface area contributed by atoms with Crippen LogP contribution in [-0.4, -0.2) is 10.4 Å². The van der Waals surface area contributed by atoms with Gasteiger partial charge in [-0.3, -0.25) is 4.99 Å². The first kappa shape index (κ1) is 31.4. The molecule has 5 heteroatoms. The second-order valence-corrected chi connectivity index (χ2v) is 14.3. The molecule has 5 nitrogen and oxygen atoms in total. The number of amidine groups is 1. The molecule has 2 unspecified atom stereocenters. The van der Waals surface area contributed by atoms with Gasteiger partial charge in [-0.1, -0.05) is 140 Å². The molecule has 11 rings (SSSR count). The van der Waals surface area contributed by atoms with Crippen molar-refractivity contribution in [2.75, 3.05) is 0 Å². The monoisotopic (exact) mass is 709 g/mol. The Balaban J connectivity index is 0.930. The average molecular weight is 710 g/mol. The van der Waals surface area contributed by atoms with Gasteiger partial charge in [-0.05, 0) is 64.9 Å². The van der Waals surface area contributed by atoms with Crippen molar-refractivity contribution in [2.24, 2.45) is 4.99 Å². The molecule has 0 amide bonds. The van der Waals surface area contributed by atoms with E-state index in [0.29, 0.717) is 5.75 Å². The number of benzene rings is 7. The van der Waals surface area contributed by atoms with Crippen LogP contribution in [0.4, 0.5) is 0 Å². The normalized spacial score (nSPS) is 17.3. The van der Waals surface area contributed by atoms with Crippen molar-refractivity contribution in [1.29, 1.82) is 0 Å². The van der Waals surface area contributed by atoms with Gasteiger partial charge in [0.15, 0.2) is 23.0 Å². The molecule has 55 heavy (non-hydrogen) atoms. The highest BCUT2D eigenvalue weighted by Gasteiger charge is 2.25. The minimum Gasteiger partial charge on any atom is -0.449 e. The Kier molecular flexibility index (Phi) is 7.30. The molecule has 1 N–H and O–H groups in total. The van der Waals surface area contributed by atoms with Gasteiger partial charge in [0.2, 0.25) is 0 Å². The Morgan fingerprint density at radius 1 is 0.600 bits per heavy atom. The molecular weight excluding hydrogens is 675 g/mol. The average Bonchev–Trinajstić information content (AvgIpc) is 3.58. The fourth-order valence-electron chi connectivity index (χ4n) is 8.27. The number of aromatic nitrogens is 1. The quantitative estimate of drug-likeness (QED) is 0.194. The van der Waals surface area contributed by atoms with Crippen LogP contribution in [0.5, 0.6) is 23.0 Å². The molecule has 1 aliphatic carbocycles. The van der Waals surface area contributed by atoms with Crippen molar-refractivity contribution in [1.82, 2.24) is 9.88 Å². The third-order valence-electron chi connectivity index (χ3n) is 11.0. The number of allylic oxidation sites excluding steroid dienone is 3. The second kappa shape index (κ2) is 12.8. The summed E-state index contributed by atoms with van der Waals surface area (Å²) in [5, 5.41) is 8.37. The first-order valence-electron chi connectivity index (χ1n) is 18.8. The minimum absolute atomic E-state index is 0.0643. The van der Waals surface area contributed by atoms with Gasteiger partial charge in [0.05, 0.1) is 17.1 Å². The zero-order valence-electron chi connectivity index (χ0n) is 29.9. The molecular formula is C50H35N3O2. The van der Waals surface area contributed by atoms with Gasteiger partial charge < -0.3 is 19.4 Å². The highest BCUT2D eigenvalue weighted by molar-refractivity contribution is 6.19. The molecule has 0 fully saturated rings. The van der Waals surface area contributed by atoms with E-state index in [1.165, 1.54) is 38.4 Å². The van der Waals surface area contributed by atoms with Crippen molar-refractivity contribution in [3.63, 3.8) is 0 Å². The number of nitrogens with zero attached hydrogens (tertiary/aromatic N) is 2. The van der Waals surface area contributed by atoms with Crippen molar-refractivity contribution in [3.05, 3.63) is 210 Å². The molecule has 0 saturated heterocycles. The van der Waals surface area contributed by atoms with E-state index in [-0.39, 0.29) is 12.0 Å². The molecule has 0 radical (unpaired) electrons. The van der Waals surface area contributed by atoms with Crippen LogP contribution >= 0.6 is 0 Å². The van der Waals surface area contributed by atoms with Crippen LogP contribution in [0.2, 0.25) is 0 Å². The van der Waals surface area contributed by atoms with E-state index in [9.17, 15) is 0 Å². The smallest absolute Gasteiger partial charge is 0.172 e. The highest BCUT2D eigenvalue weighted by atomic mass is 16.6. The molecule has 2 aliphatic heterocycles. The molecule has 3 aliphatic rings. The van der Waals surface area contributed by atoms with Gasteiger partial charge >= 0.3 is 0 Å². The van der Waals surface area contributed by atoms with Gasteiger partial charge in [-0.15, -0.1) is 0 Å². The molecule has 262 valence electrons. The van der Waals surface area contributed by atoms with Crippen molar-refractivity contribution in [3.8, 4) is 28.7 Å². The van der Waals surface area contributed by atoms with Crippen LogP contribution in [0.1, 0.15) is 35.1 Å². The summed E-state index contributed by atoms with van der Waals surface area (Å²) in [5.74, 6) is 4.05. The number of rotatable bonds is 5. The van der Waals surface area contributed by atoms with E-state index in [1.807, 2.05) is 30.3 Å². The molecule has 7 aromatic carbocycles. The Morgan fingerprint density at radius 2 is 1.31 bits per heavy atom. The molecule has 3 heterocycles. The number of nitrogens with one attached hydrogen (secondary N) is 1. The van der Waals surface area contributed by atoms with E-state index in [0.717, 1.165) is 57.4 Å². The minimum atomic E-state index is -0.0643. The van der Waals surface area contributed by atoms with Crippen LogP contribution in [0.25, 0.3) is 38.3 Å². The zero-order chi connectivity index (χ0) is 36.3. The summed E-state index contributed by atoms with van der Waals surface area (Å²) in [7, 11) is 0. The fourth-order valence-corrected chi connectivity index (χ4v) is 8.27. The maximum absolute atomic E-state index is 6.40. The Hall–Kier alpha value is -7.11. The fraction of sp³-hybridized carbons (Fsp3) is 0.0600. The standard InChI is InChI=1S/C50H35N3O2/c1-3-12-35(13-4-1)42-30-43(52-50(51-42)37-14-5-2-6-15-37)36-21-19-32(20-22-36)33-23-26-38(27-24-33)53-44-31-48-47(54-45-17-9-10-18-46(45)55-48)29-41(44)40-28-25-34-11-7-8-16-39(34)49(40)53/h1-19,21-32,42H,20H2,(H,51,52). The molecule has 0 spiro atoms. The van der Waals surface area contributed by atoms with E-state index in [2.05, 4.69) is 162 Å². The van der Waals surface area contributed by atoms with Gasteiger partial charge in [0.1, 0.15) is 5.84 Å². The van der Waals surface area contributed by atoms with Gasteiger partial charge in [0, 0.05) is 45.1 Å². The lowest BCUT2D eigenvalue weighted by molar-refractivity contribution is 0.360. The van der Waals surface area contributed by atoms with E-state index in [4.69, 9.17) is 14.5 Å². The maximum atomic E-state index is 6.40. The van der Waals surface area contributed by atoms with Crippen LogP contribution < -0.4 is 14.8 Å². The molecule has 8 aromatic rings. The summed E-state index contributed by atoms with van der Waals surface area (Å²) in [5.41, 5.74) is 9.16.